The lowest BCUT2D eigenvalue weighted by Gasteiger charge is -2.15. The van der Waals surface area contributed by atoms with Gasteiger partial charge in [-0.15, -0.1) is 0 Å². The molecule has 0 aliphatic carbocycles. The third-order valence-corrected chi connectivity index (χ3v) is 2.42. The molecule has 4 N–H and O–H groups in total. The molecule has 6 heteroatoms. The number of hydrogen-bond donors (Lipinski definition) is 3. The Morgan fingerprint density at radius 2 is 2.33 bits per heavy atom. The largest absolute Gasteiger partial charge is 0.396 e. The number of rotatable bonds is 5. The third kappa shape index (κ3) is 4.01. The number of aliphatic hydroxyl groups is 1. The van der Waals surface area contributed by atoms with Gasteiger partial charge in [-0.05, 0) is 28.8 Å². The number of nitrogens with two attached hydrogens (primary N) is 1. The highest BCUT2D eigenvalue weighted by Crippen LogP contribution is 2.14. The van der Waals surface area contributed by atoms with Crippen LogP contribution in [0.2, 0.25) is 0 Å². The summed E-state index contributed by atoms with van der Waals surface area (Å²) in [5.41, 5.74) is 5.58. The highest BCUT2D eigenvalue weighted by atomic mass is 79.9. The molecule has 1 heterocycles. The Morgan fingerprint density at radius 1 is 1.60 bits per heavy atom. The number of halogens is 1. The molecule has 1 aromatic heterocycles. The maximum atomic E-state index is 8.84. The molecule has 84 valence electrons. The normalized spacial score (nSPS) is 12.5. The molecule has 1 aromatic rings. The molecule has 0 fully saturated rings. The summed E-state index contributed by atoms with van der Waals surface area (Å²) in [5, 5.41) is 12.0. The fourth-order valence-electron chi connectivity index (χ4n) is 1.22. The summed E-state index contributed by atoms with van der Waals surface area (Å²) in [6.45, 7) is 2.18. The van der Waals surface area contributed by atoms with Gasteiger partial charge < -0.3 is 16.2 Å². The summed E-state index contributed by atoms with van der Waals surface area (Å²) in [7, 11) is 0. The first-order chi connectivity index (χ1) is 7.15. The molecule has 0 saturated carbocycles. The van der Waals surface area contributed by atoms with Crippen LogP contribution < -0.4 is 11.1 Å². The highest BCUT2D eigenvalue weighted by molar-refractivity contribution is 9.10. The van der Waals surface area contributed by atoms with Crippen LogP contribution in [-0.4, -0.2) is 27.7 Å². The van der Waals surface area contributed by atoms with Crippen LogP contribution in [0.4, 0.5) is 11.8 Å². The number of nitrogens with zero attached hydrogens (tertiary/aromatic N) is 2. The summed E-state index contributed by atoms with van der Waals surface area (Å²) in [6, 6.07) is 1.81. The third-order valence-electron chi connectivity index (χ3n) is 2.02. The van der Waals surface area contributed by atoms with E-state index in [0.29, 0.717) is 22.8 Å². The van der Waals surface area contributed by atoms with Crippen LogP contribution in [-0.2, 0) is 0 Å². The Labute approximate surface area is 97.2 Å². The number of nitrogens with one attached hydrogen (secondary N) is 1. The van der Waals surface area contributed by atoms with Crippen molar-refractivity contribution in [2.45, 2.75) is 25.8 Å². The average molecular weight is 275 g/mol. The van der Waals surface area contributed by atoms with Crippen LogP contribution in [0.25, 0.3) is 0 Å². The average Bonchev–Trinajstić information content (AvgIpc) is 2.15. The molecular weight excluding hydrogens is 260 g/mol. The number of hydrogen-bond acceptors (Lipinski definition) is 5. The van der Waals surface area contributed by atoms with Crippen molar-refractivity contribution in [3.05, 3.63) is 10.7 Å². The molecule has 0 amide bonds. The molecule has 0 bridgehead atoms. The van der Waals surface area contributed by atoms with E-state index in [1.165, 1.54) is 0 Å². The van der Waals surface area contributed by atoms with Gasteiger partial charge in [0, 0.05) is 18.7 Å². The van der Waals surface area contributed by atoms with E-state index in [0.717, 1.165) is 6.42 Å². The van der Waals surface area contributed by atoms with Gasteiger partial charge in [0.2, 0.25) is 5.95 Å². The number of anilines is 2. The minimum atomic E-state index is 0.148. The smallest absolute Gasteiger partial charge is 0.225 e. The fourth-order valence-corrected chi connectivity index (χ4v) is 1.62. The second-order valence-corrected chi connectivity index (χ2v) is 4.01. The van der Waals surface area contributed by atoms with Crippen LogP contribution in [0.1, 0.15) is 19.8 Å². The highest BCUT2D eigenvalue weighted by Gasteiger charge is 2.08. The van der Waals surface area contributed by atoms with Crippen molar-refractivity contribution >= 4 is 27.7 Å². The van der Waals surface area contributed by atoms with Gasteiger partial charge >= 0.3 is 0 Å². The molecule has 0 saturated heterocycles. The molecular formula is C9H15BrN4O. The predicted molar refractivity (Wildman–Crippen MR) is 63.5 cm³/mol. The number of nitrogen functional groups attached to an aromatic ring is 1. The van der Waals surface area contributed by atoms with E-state index in [-0.39, 0.29) is 12.6 Å². The van der Waals surface area contributed by atoms with Gasteiger partial charge in [0.05, 0.1) is 0 Å². The molecule has 0 aliphatic heterocycles. The second kappa shape index (κ2) is 5.87. The van der Waals surface area contributed by atoms with Crippen LogP contribution in [0.15, 0.2) is 10.7 Å². The Bertz CT molecular complexity index is 301. The molecule has 0 spiro atoms. The first kappa shape index (κ1) is 12.2. The lowest BCUT2D eigenvalue weighted by molar-refractivity contribution is 0.278. The summed E-state index contributed by atoms with van der Waals surface area (Å²) in [5.74, 6) is 0.903. The van der Waals surface area contributed by atoms with Crippen molar-refractivity contribution in [1.82, 2.24) is 9.97 Å². The minimum absolute atomic E-state index is 0.148. The van der Waals surface area contributed by atoms with Crippen LogP contribution in [0.5, 0.6) is 0 Å². The first-order valence-electron chi connectivity index (χ1n) is 4.83. The topological polar surface area (TPSA) is 84.1 Å². The Kier molecular flexibility index (Phi) is 4.77. The number of aliphatic hydroxyl groups excluding tert-OH is 1. The minimum Gasteiger partial charge on any atom is -0.396 e. The van der Waals surface area contributed by atoms with E-state index in [2.05, 4.69) is 31.2 Å². The van der Waals surface area contributed by atoms with Crippen LogP contribution in [0.3, 0.4) is 0 Å². The van der Waals surface area contributed by atoms with Gasteiger partial charge in [0.15, 0.2) is 0 Å². The Hall–Kier alpha value is -0.880. The summed E-state index contributed by atoms with van der Waals surface area (Å²) in [4.78, 5) is 8.18. The maximum absolute atomic E-state index is 8.84. The van der Waals surface area contributed by atoms with Crippen LogP contribution in [0, 0.1) is 0 Å². The van der Waals surface area contributed by atoms with Gasteiger partial charge in [-0.2, -0.15) is 4.98 Å². The van der Waals surface area contributed by atoms with Gasteiger partial charge in [0.1, 0.15) is 10.4 Å². The molecule has 0 aliphatic rings. The summed E-state index contributed by atoms with van der Waals surface area (Å²) >= 11 is 3.24. The van der Waals surface area contributed by atoms with Crippen LogP contribution >= 0.6 is 15.9 Å². The molecule has 0 radical (unpaired) electrons. The molecule has 1 unspecified atom stereocenters. The molecule has 1 rings (SSSR count). The zero-order valence-corrected chi connectivity index (χ0v) is 10.2. The number of aromatic nitrogens is 2. The molecule has 5 nitrogen and oxygen atoms in total. The summed E-state index contributed by atoms with van der Waals surface area (Å²) < 4.78 is 0.649. The monoisotopic (exact) mass is 274 g/mol. The summed E-state index contributed by atoms with van der Waals surface area (Å²) in [6.07, 6.45) is 1.57. The fraction of sp³-hybridized carbons (Fsp3) is 0.556. The zero-order valence-electron chi connectivity index (χ0n) is 8.57. The van der Waals surface area contributed by atoms with Gasteiger partial charge in [-0.3, -0.25) is 0 Å². The SMILES string of the molecule is CCC(CCO)Nc1nc(N)cc(Br)n1. The standard InChI is InChI=1S/C9H15BrN4O/c1-2-6(3-4-15)12-9-13-7(10)5-8(11)14-9/h5-6,15H,2-4H2,1H3,(H3,11,12,13,14). The van der Waals surface area contributed by atoms with Crippen molar-refractivity contribution in [1.29, 1.82) is 0 Å². The van der Waals surface area contributed by atoms with Gasteiger partial charge in [0.25, 0.3) is 0 Å². The van der Waals surface area contributed by atoms with Gasteiger partial charge in [-0.1, -0.05) is 6.92 Å². The van der Waals surface area contributed by atoms with Crippen molar-refractivity contribution in [2.75, 3.05) is 17.7 Å². The van der Waals surface area contributed by atoms with Crippen molar-refractivity contribution in [3.63, 3.8) is 0 Å². The second-order valence-electron chi connectivity index (χ2n) is 3.20. The van der Waals surface area contributed by atoms with Gasteiger partial charge in [-0.25, -0.2) is 4.98 Å². The first-order valence-corrected chi connectivity index (χ1v) is 5.62. The van der Waals surface area contributed by atoms with E-state index in [1.54, 1.807) is 6.07 Å². The van der Waals surface area contributed by atoms with Crippen molar-refractivity contribution < 1.29 is 5.11 Å². The van der Waals surface area contributed by atoms with Crippen molar-refractivity contribution in [3.8, 4) is 0 Å². The lowest BCUT2D eigenvalue weighted by atomic mass is 10.2. The molecule has 1 atom stereocenters. The van der Waals surface area contributed by atoms with Crippen molar-refractivity contribution in [2.24, 2.45) is 0 Å². The Morgan fingerprint density at radius 3 is 2.87 bits per heavy atom. The zero-order chi connectivity index (χ0) is 11.3. The van der Waals surface area contributed by atoms with E-state index < -0.39 is 0 Å². The molecule has 15 heavy (non-hydrogen) atoms. The van der Waals surface area contributed by atoms with E-state index in [4.69, 9.17) is 10.8 Å². The lowest BCUT2D eigenvalue weighted by Crippen LogP contribution is -2.21. The maximum Gasteiger partial charge on any atom is 0.225 e. The van der Waals surface area contributed by atoms with E-state index in [1.807, 2.05) is 6.92 Å². The van der Waals surface area contributed by atoms with E-state index in [9.17, 15) is 0 Å². The molecule has 0 aromatic carbocycles. The van der Waals surface area contributed by atoms with E-state index >= 15 is 0 Å². The quantitative estimate of drug-likeness (QED) is 0.707. The predicted octanol–water partition coefficient (Wildman–Crippen LogP) is 1.39. The Balaban J connectivity index is 2.69.